The average molecular weight is 629 g/mol. The minimum absolute atomic E-state index is 0.0554. The van der Waals surface area contributed by atoms with Crippen LogP contribution < -0.4 is 10.6 Å². The Morgan fingerprint density at radius 3 is 2.42 bits per heavy atom. The lowest BCUT2D eigenvalue weighted by molar-refractivity contribution is -0.145. The van der Waals surface area contributed by atoms with Gasteiger partial charge in [-0.3, -0.25) is 9.59 Å². The Morgan fingerprint density at radius 1 is 1.16 bits per heavy atom. The number of alkyl carbamates (subject to hydrolysis) is 1. The molecule has 1 saturated heterocycles. The summed E-state index contributed by atoms with van der Waals surface area (Å²) in [6.45, 7) is 10.6. The van der Waals surface area contributed by atoms with Crippen molar-refractivity contribution in [1.82, 2.24) is 19.8 Å². The van der Waals surface area contributed by atoms with Gasteiger partial charge in [0.05, 0.1) is 11.8 Å². The van der Waals surface area contributed by atoms with Gasteiger partial charge in [-0.05, 0) is 46.0 Å². The van der Waals surface area contributed by atoms with Crippen LogP contribution in [0.5, 0.6) is 0 Å². The minimum atomic E-state index is -3.56. The summed E-state index contributed by atoms with van der Waals surface area (Å²) < 4.78 is 31.7. The fraction of sp³-hybridized carbons (Fsp3) is 0.800. The highest BCUT2D eigenvalue weighted by Gasteiger charge is 2.61. The van der Waals surface area contributed by atoms with E-state index in [2.05, 4.69) is 17.6 Å². The molecule has 0 aromatic carbocycles. The van der Waals surface area contributed by atoms with Crippen molar-refractivity contribution in [2.24, 2.45) is 11.3 Å². The van der Waals surface area contributed by atoms with Crippen molar-refractivity contribution in [3.05, 3.63) is 12.2 Å². The average Bonchev–Trinajstić information content (AvgIpc) is 3.38. The molecule has 246 valence electrons. The zero-order valence-electron chi connectivity index (χ0n) is 26.8. The van der Waals surface area contributed by atoms with E-state index < -0.39 is 68.8 Å². The van der Waals surface area contributed by atoms with Gasteiger partial charge in [0.1, 0.15) is 24.2 Å². The molecule has 0 radical (unpaired) electrons. The highest BCUT2D eigenvalue weighted by Crippen LogP contribution is 2.45. The van der Waals surface area contributed by atoms with Crippen molar-refractivity contribution in [2.75, 3.05) is 26.7 Å². The molecule has 12 nitrogen and oxygen atoms in total. The van der Waals surface area contributed by atoms with E-state index in [1.807, 2.05) is 32.9 Å². The van der Waals surface area contributed by atoms with Crippen LogP contribution in [0.3, 0.4) is 0 Å². The number of amides is 3. The number of aliphatic carboxylic acids is 1. The van der Waals surface area contributed by atoms with Crippen molar-refractivity contribution in [2.45, 2.75) is 116 Å². The Balaban J connectivity index is 1.94. The van der Waals surface area contributed by atoms with E-state index in [4.69, 9.17) is 4.74 Å². The lowest BCUT2D eigenvalue weighted by Crippen LogP contribution is -2.54. The number of unbranched alkanes of at least 4 members (excludes halogenated alkanes) is 4. The van der Waals surface area contributed by atoms with Gasteiger partial charge in [0.15, 0.2) is 0 Å². The van der Waals surface area contributed by atoms with Gasteiger partial charge in [-0.15, -0.1) is 0 Å². The number of carboxylic acid groups (broad SMARTS) is 1. The molecule has 1 heterocycles. The molecule has 1 aliphatic heterocycles. The van der Waals surface area contributed by atoms with Gasteiger partial charge in [-0.25, -0.2) is 22.3 Å². The van der Waals surface area contributed by atoms with Crippen molar-refractivity contribution in [1.29, 1.82) is 0 Å². The third-order valence-corrected chi connectivity index (χ3v) is 10.5. The quantitative estimate of drug-likeness (QED) is 0.173. The number of hydrogen-bond acceptors (Lipinski definition) is 7. The first-order chi connectivity index (χ1) is 20.0. The molecule has 2 unspecified atom stereocenters. The van der Waals surface area contributed by atoms with E-state index in [9.17, 15) is 32.7 Å². The van der Waals surface area contributed by atoms with Crippen molar-refractivity contribution >= 4 is 33.9 Å². The Kier molecular flexibility index (Phi) is 13.0. The van der Waals surface area contributed by atoms with E-state index in [-0.39, 0.29) is 12.5 Å². The monoisotopic (exact) mass is 628 g/mol. The fourth-order valence-corrected chi connectivity index (χ4v) is 6.22. The number of carbonyl (C=O) groups excluding carboxylic acids is 3. The molecule has 1 aliphatic carbocycles. The van der Waals surface area contributed by atoms with Crippen LogP contribution in [0.4, 0.5) is 4.79 Å². The number of allylic oxidation sites excluding steroid dienone is 1. The number of nitrogens with one attached hydrogen (secondary N) is 2. The maximum atomic E-state index is 13.2. The van der Waals surface area contributed by atoms with Gasteiger partial charge in [0.25, 0.3) is 0 Å². The van der Waals surface area contributed by atoms with Crippen molar-refractivity contribution in [3.63, 3.8) is 0 Å². The summed E-state index contributed by atoms with van der Waals surface area (Å²) in [5.41, 5.74) is -1.96. The standard InChI is InChI=1S/C30H52N4O8S/c1-8-9-10-11-12-13-15-22-18-30(22,27(37)38)32-26(36)23-16-14-17-34(23)25(35)19-31-28(39)42-24(29(4,5)6)20-33(7)43(40,41)21(2)3/h13,15,21-24H,8-12,14,16-20H2,1-7H3,(H,31,39)(H,32,36)(H,37,38)/b15-13-/t22?,23-,24?,30+/m0/s1. The summed E-state index contributed by atoms with van der Waals surface area (Å²) in [6, 6.07) is -0.835. The van der Waals surface area contributed by atoms with Crippen molar-refractivity contribution < 1.29 is 37.4 Å². The van der Waals surface area contributed by atoms with Crippen LogP contribution in [0.2, 0.25) is 0 Å². The Bertz CT molecular complexity index is 1130. The normalized spacial score (nSPS) is 23.0. The van der Waals surface area contributed by atoms with Crippen LogP contribution in [-0.2, 0) is 29.1 Å². The van der Waals surface area contributed by atoms with Gasteiger partial charge >= 0.3 is 12.1 Å². The number of sulfonamides is 1. The summed E-state index contributed by atoms with van der Waals surface area (Å²) in [6.07, 6.45) is 8.78. The maximum Gasteiger partial charge on any atom is 0.407 e. The number of hydrogen-bond donors (Lipinski definition) is 3. The Morgan fingerprint density at radius 2 is 1.84 bits per heavy atom. The first-order valence-corrected chi connectivity index (χ1v) is 16.9. The molecule has 43 heavy (non-hydrogen) atoms. The molecule has 3 amide bonds. The molecule has 3 N–H and O–H groups in total. The number of nitrogens with zero attached hydrogens (tertiary/aromatic N) is 2. The molecule has 1 saturated carbocycles. The first-order valence-electron chi connectivity index (χ1n) is 15.4. The molecule has 4 atom stereocenters. The highest BCUT2D eigenvalue weighted by molar-refractivity contribution is 7.89. The fourth-order valence-electron chi connectivity index (χ4n) is 5.16. The lowest BCUT2D eigenvalue weighted by atomic mass is 9.89. The molecule has 13 heteroatoms. The summed E-state index contributed by atoms with van der Waals surface area (Å²) in [7, 11) is -2.13. The lowest BCUT2D eigenvalue weighted by Gasteiger charge is -2.33. The first kappa shape index (κ1) is 36.5. The molecule has 0 bridgehead atoms. The van der Waals surface area contributed by atoms with Gasteiger partial charge in [-0.2, -0.15) is 0 Å². The number of carbonyl (C=O) groups is 4. The number of carboxylic acids is 1. The largest absolute Gasteiger partial charge is 0.479 e. The molecular formula is C30H52N4O8S. The minimum Gasteiger partial charge on any atom is -0.479 e. The van der Waals surface area contributed by atoms with Crippen LogP contribution in [-0.4, -0.2) is 96.2 Å². The molecule has 0 aromatic rings. The second-order valence-electron chi connectivity index (χ2n) is 13.1. The van der Waals surface area contributed by atoms with E-state index in [0.717, 1.165) is 30.0 Å². The third kappa shape index (κ3) is 9.92. The summed E-state index contributed by atoms with van der Waals surface area (Å²) in [5.74, 6) is -2.41. The van der Waals surface area contributed by atoms with Crippen LogP contribution in [0, 0.1) is 11.3 Å². The van der Waals surface area contributed by atoms with Crippen molar-refractivity contribution in [3.8, 4) is 0 Å². The van der Waals surface area contributed by atoms with Gasteiger partial charge in [0, 0.05) is 24.9 Å². The molecule has 2 rings (SSSR count). The molecule has 0 spiro atoms. The van der Waals surface area contributed by atoms with Gasteiger partial charge < -0.3 is 25.4 Å². The zero-order chi connectivity index (χ0) is 32.6. The Hall–Kier alpha value is -2.67. The molecular weight excluding hydrogens is 576 g/mol. The van der Waals surface area contributed by atoms with Crippen LogP contribution in [0.15, 0.2) is 12.2 Å². The number of likely N-dealkylation sites (N-methyl/N-ethyl adjacent to an activating group) is 1. The smallest absolute Gasteiger partial charge is 0.407 e. The summed E-state index contributed by atoms with van der Waals surface area (Å²) in [4.78, 5) is 52.3. The van der Waals surface area contributed by atoms with Crippen LogP contribution >= 0.6 is 0 Å². The third-order valence-electron chi connectivity index (χ3n) is 8.26. The second kappa shape index (κ2) is 15.4. The number of rotatable bonds is 16. The van der Waals surface area contributed by atoms with E-state index >= 15 is 0 Å². The SMILES string of the molecule is CCCCCC/C=C\C1C[C@]1(NC(=O)[C@@H]1CCCN1C(=O)CNC(=O)OC(CN(C)S(=O)(=O)C(C)C)C(C)(C)C)C(=O)O. The molecule has 2 fully saturated rings. The summed E-state index contributed by atoms with van der Waals surface area (Å²) in [5, 5.41) is 14.4. The maximum absolute atomic E-state index is 13.2. The van der Waals surface area contributed by atoms with E-state index in [1.54, 1.807) is 13.8 Å². The van der Waals surface area contributed by atoms with E-state index in [1.165, 1.54) is 18.4 Å². The molecule has 2 aliphatic rings. The topological polar surface area (TPSA) is 162 Å². The van der Waals surface area contributed by atoms with Gasteiger partial charge in [-0.1, -0.05) is 59.1 Å². The van der Waals surface area contributed by atoms with E-state index in [0.29, 0.717) is 25.8 Å². The summed E-state index contributed by atoms with van der Waals surface area (Å²) >= 11 is 0. The predicted molar refractivity (Wildman–Crippen MR) is 164 cm³/mol. The Labute approximate surface area is 257 Å². The highest BCUT2D eigenvalue weighted by atomic mass is 32.2. The predicted octanol–water partition coefficient (Wildman–Crippen LogP) is 3.27. The van der Waals surface area contributed by atoms with Gasteiger partial charge in [0.2, 0.25) is 21.8 Å². The zero-order valence-corrected chi connectivity index (χ0v) is 27.7. The van der Waals surface area contributed by atoms with Crippen LogP contribution in [0.1, 0.15) is 92.9 Å². The van der Waals surface area contributed by atoms with Crippen LogP contribution in [0.25, 0.3) is 0 Å². The number of ether oxygens (including phenoxy) is 1. The second-order valence-corrected chi connectivity index (χ2v) is 15.7. The molecule has 0 aromatic heterocycles. The number of likely N-dealkylation sites (tertiary alicyclic amines) is 1.